The van der Waals surface area contributed by atoms with Crippen LogP contribution in [0.1, 0.15) is 41.5 Å². The molecule has 0 amide bonds. The molecule has 1 aliphatic heterocycles. The third kappa shape index (κ3) is 2.08. The summed E-state index contributed by atoms with van der Waals surface area (Å²) in [5.41, 5.74) is 1.37. The van der Waals surface area contributed by atoms with Gasteiger partial charge in [-0.05, 0) is 37.3 Å². The van der Waals surface area contributed by atoms with Gasteiger partial charge in [-0.1, -0.05) is 0 Å². The van der Waals surface area contributed by atoms with Crippen molar-refractivity contribution in [1.29, 1.82) is 0 Å². The van der Waals surface area contributed by atoms with Crippen molar-refractivity contribution in [2.75, 3.05) is 0 Å². The number of nitrogens with one attached hydrogen (secondary N) is 1. The van der Waals surface area contributed by atoms with E-state index in [2.05, 4.69) is 45.4 Å². The fourth-order valence-corrected chi connectivity index (χ4v) is 3.27. The Bertz CT molecular complexity index is 543. The fraction of sp³-hybridized carbons (Fsp3) is 0.538. The fourth-order valence-electron chi connectivity index (χ4n) is 2.42. The molecule has 18 heavy (non-hydrogen) atoms. The van der Waals surface area contributed by atoms with Crippen LogP contribution in [0, 0.1) is 6.92 Å². The molecule has 5 heteroatoms. The maximum Gasteiger partial charge on any atom is 0.149 e. The highest BCUT2D eigenvalue weighted by Gasteiger charge is 2.20. The molecular weight excluding hydrogens is 244 g/mol. The molecule has 2 aromatic heterocycles. The minimum Gasteiger partial charge on any atom is -0.314 e. The van der Waals surface area contributed by atoms with E-state index in [9.17, 15) is 0 Å². The highest BCUT2D eigenvalue weighted by Crippen LogP contribution is 2.20. The van der Waals surface area contributed by atoms with Gasteiger partial charge >= 0.3 is 0 Å². The number of hydrogen-bond donors (Lipinski definition) is 1. The van der Waals surface area contributed by atoms with Crippen molar-refractivity contribution in [1.82, 2.24) is 20.1 Å². The largest absolute Gasteiger partial charge is 0.314 e. The Kier molecular flexibility index (Phi) is 3.18. The molecule has 1 atom stereocenters. The number of aryl methyl sites for hydroxylation is 2. The number of hydrogen-bond acceptors (Lipinski definition) is 4. The molecular formula is C13H18N4S. The van der Waals surface area contributed by atoms with Crippen LogP contribution >= 0.6 is 11.3 Å². The van der Waals surface area contributed by atoms with E-state index < -0.39 is 0 Å². The molecule has 0 fully saturated rings. The lowest BCUT2D eigenvalue weighted by atomic mass is 10.2. The average molecular weight is 262 g/mol. The van der Waals surface area contributed by atoms with Gasteiger partial charge in [0, 0.05) is 24.4 Å². The predicted molar refractivity (Wildman–Crippen MR) is 72.7 cm³/mol. The van der Waals surface area contributed by atoms with Crippen LogP contribution in [0.3, 0.4) is 0 Å². The van der Waals surface area contributed by atoms with Crippen LogP contribution in [0.4, 0.5) is 0 Å². The minimum atomic E-state index is 0.255. The van der Waals surface area contributed by atoms with Gasteiger partial charge in [0.05, 0.1) is 6.04 Å². The first-order valence-electron chi connectivity index (χ1n) is 6.44. The van der Waals surface area contributed by atoms with Gasteiger partial charge in [-0.25, -0.2) is 0 Å². The predicted octanol–water partition coefficient (Wildman–Crippen LogP) is 2.45. The van der Waals surface area contributed by atoms with E-state index >= 15 is 0 Å². The first-order valence-corrected chi connectivity index (χ1v) is 7.32. The summed E-state index contributed by atoms with van der Waals surface area (Å²) in [6, 6.07) is 2.42. The highest BCUT2D eigenvalue weighted by atomic mass is 32.1. The summed E-state index contributed by atoms with van der Waals surface area (Å²) in [4.78, 5) is 1.41. The lowest BCUT2D eigenvalue weighted by Gasteiger charge is -2.13. The number of thiophene rings is 1. The quantitative estimate of drug-likeness (QED) is 0.920. The summed E-state index contributed by atoms with van der Waals surface area (Å²) in [5, 5.41) is 14.3. The summed E-state index contributed by atoms with van der Waals surface area (Å²) < 4.78 is 2.26. The van der Waals surface area contributed by atoms with Gasteiger partial charge in [-0.15, -0.1) is 21.5 Å². The van der Waals surface area contributed by atoms with Crippen LogP contribution < -0.4 is 5.32 Å². The van der Waals surface area contributed by atoms with Crippen molar-refractivity contribution >= 4 is 11.3 Å². The normalized spacial score (nSPS) is 15.9. The lowest BCUT2D eigenvalue weighted by Crippen LogP contribution is -2.21. The Morgan fingerprint density at radius 3 is 3.17 bits per heavy atom. The van der Waals surface area contributed by atoms with Gasteiger partial charge in [-0.2, -0.15) is 0 Å². The summed E-state index contributed by atoms with van der Waals surface area (Å²) in [7, 11) is 0. The van der Waals surface area contributed by atoms with Crippen LogP contribution in [0.15, 0.2) is 11.4 Å². The Morgan fingerprint density at radius 1 is 1.50 bits per heavy atom. The second kappa shape index (κ2) is 4.82. The Hall–Kier alpha value is -1.20. The topological polar surface area (TPSA) is 42.7 Å². The molecule has 0 saturated carbocycles. The Morgan fingerprint density at radius 2 is 2.39 bits per heavy atom. The van der Waals surface area contributed by atoms with Crippen molar-refractivity contribution in [3.63, 3.8) is 0 Å². The van der Waals surface area contributed by atoms with Gasteiger partial charge in [0.1, 0.15) is 11.6 Å². The summed E-state index contributed by atoms with van der Waals surface area (Å²) in [6.45, 7) is 6.31. The van der Waals surface area contributed by atoms with E-state index in [0.29, 0.717) is 0 Å². The van der Waals surface area contributed by atoms with E-state index in [4.69, 9.17) is 0 Å². The maximum absolute atomic E-state index is 4.31. The van der Waals surface area contributed by atoms with Crippen LogP contribution in [0.25, 0.3) is 0 Å². The van der Waals surface area contributed by atoms with E-state index in [1.807, 2.05) is 11.3 Å². The first kappa shape index (κ1) is 11.9. The standard InChI is InChI=1S/C13H18N4S/c1-9-5-7-18-11(9)8-14-10(2)13-16-15-12-4-3-6-17(12)13/h5,7,10,14H,3-4,6,8H2,1-2H3. The SMILES string of the molecule is Cc1ccsc1CNC(C)c1nnc2n1CCC2. The summed E-state index contributed by atoms with van der Waals surface area (Å²) >= 11 is 1.81. The molecule has 1 unspecified atom stereocenters. The molecule has 0 bridgehead atoms. The number of aromatic nitrogens is 3. The van der Waals surface area contributed by atoms with E-state index in [0.717, 1.165) is 31.2 Å². The molecule has 2 aromatic rings. The zero-order chi connectivity index (χ0) is 12.5. The average Bonchev–Trinajstić information content (AvgIpc) is 3.01. The third-order valence-electron chi connectivity index (χ3n) is 3.56. The van der Waals surface area contributed by atoms with Gasteiger partial charge in [0.2, 0.25) is 0 Å². The highest BCUT2D eigenvalue weighted by molar-refractivity contribution is 7.10. The molecule has 1 N–H and O–H groups in total. The van der Waals surface area contributed by atoms with Crippen LogP contribution in [-0.2, 0) is 19.5 Å². The van der Waals surface area contributed by atoms with Crippen molar-refractivity contribution in [3.05, 3.63) is 33.5 Å². The Balaban J connectivity index is 1.68. The van der Waals surface area contributed by atoms with Crippen molar-refractivity contribution in [3.8, 4) is 0 Å². The van der Waals surface area contributed by atoms with E-state index in [-0.39, 0.29) is 6.04 Å². The smallest absolute Gasteiger partial charge is 0.149 e. The number of fused-ring (bicyclic) bond motifs is 1. The van der Waals surface area contributed by atoms with Gasteiger partial charge in [-0.3, -0.25) is 0 Å². The zero-order valence-electron chi connectivity index (χ0n) is 10.8. The molecule has 0 saturated heterocycles. The molecule has 96 valence electrons. The Labute approximate surface area is 111 Å². The molecule has 1 aliphatic rings. The van der Waals surface area contributed by atoms with Crippen LogP contribution in [-0.4, -0.2) is 14.8 Å². The second-order valence-electron chi connectivity index (χ2n) is 4.86. The second-order valence-corrected chi connectivity index (χ2v) is 5.86. The molecule has 0 radical (unpaired) electrons. The molecule has 0 aromatic carbocycles. The molecule has 0 aliphatic carbocycles. The summed E-state index contributed by atoms with van der Waals surface area (Å²) in [6.07, 6.45) is 2.28. The monoisotopic (exact) mass is 262 g/mol. The third-order valence-corrected chi connectivity index (χ3v) is 4.59. The lowest BCUT2D eigenvalue weighted by molar-refractivity contribution is 0.518. The van der Waals surface area contributed by atoms with E-state index in [1.54, 1.807) is 0 Å². The zero-order valence-corrected chi connectivity index (χ0v) is 11.6. The molecule has 0 spiro atoms. The van der Waals surface area contributed by atoms with Crippen molar-refractivity contribution in [2.45, 2.75) is 45.8 Å². The van der Waals surface area contributed by atoms with E-state index in [1.165, 1.54) is 16.9 Å². The number of rotatable bonds is 4. The van der Waals surface area contributed by atoms with Crippen molar-refractivity contribution in [2.24, 2.45) is 0 Å². The molecule has 3 rings (SSSR count). The van der Waals surface area contributed by atoms with Crippen LogP contribution in [0.2, 0.25) is 0 Å². The molecule has 4 nitrogen and oxygen atoms in total. The maximum atomic E-state index is 4.31. The number of nitrogens with zero attached hydrogens (tertiary/aromatic N) is 3. The molecule has 3 heterocycles. The minimum absolute atomic E-state index is 0.255. The first-order chi connectivity index (χ1) is 8.75. The van der Waals surface area contributed by atoms with Gasteiger partial charge in [0.25, 0.3) is 0 Å². The van der Waals surface area contributed by atoms with Crippen LogP contribution in [0.5, 0.6) is 0 Å². The van der Waals surface area contributed by atoms with Gasteiger partial charge < -0.3 is 9.88 Å². The van der Waals surface area contributed by atoms with Gasteiger partial charge in [0.15, 0.2) is 0 Å². The van der Waals surface area contributed by atoms with Crippen molar-refractivity contribution < 1.29 is 0 Å². The summed E-state index contributed by atoms with van der Waals surface area (Å²) in [5.74, 6) is 2.22.